The Bertz CT molecular complexity index is 414. The molecule has 0 saturated carbocycles. The first kappa shape index (κ1) is 12.2. The molecule has 2 N–H and O–H groups in total. The molecule has 0 fully saturated rings. The van der Waals surface area contributed by atoms with Crippen LogP contribution in [0.15, 0.2) is 23.2 Å². The fraction of sp³-hybridized carbons (Fsp3) is 0.222. The highest BCUT2D eigenvalue weighted by Crippen LogP contribution is 2.16. The van der Waals surface area contributed by atoms with Gasteiger partial charge in [0.1, 0.15) is 12.8 Å². The molecule has 16 heavy (non-hydrogen) atoms. The lowest BCUT2D eigenvalue weighted by Gasteiger charge is -1.96. The van der Waals surface area contributed by atoms with Crippen molar-refractivity contribution in [3.63, 3.8) is 0 Å². The molecule has 7 heteroatoms. The quantitative estimate of drug-likeness (QED) is 0.444. The largest absolute Gasteiger partial charge is 0.476 e. The number of carboxylic acids is 1. The van der Waals surface area contributed by atoms with Crippen LogP contribution in [-0.2, 0) is 9.63 Å². The van der Waals surface area contributed by atoms with Gasteiger partial charge in [0, 0.05) is 11.9 Å². The van der Waals surface area contributed by atoms with Crippen molar-refractivity contribution in [2.24, 2.45) is 5.16 Å². The minimum Gasteiger partial charge on any atom is -0.476 e. The van der Waals surface area contributed by atoms with Crippen LogP contribution in [0.4, 0.5) is 5.13 Å². The van der Waals surface area contributed by atoms with Crippen LogP contribution in [-0.4, -0.2) is 35.4 Å². The van der Waals surface area contributed by atoms with Crippen molar-refractivity contribution in [2.45, 2.75) is 0 Å². The van der Waals surface area contributed by atoms with Crippen molar-refractivity contribution in [3.05, 3.63) is 23.7 Å². The van der Waals surface area contributed by atoms with Crippen molar-refractivity contribution in [3.8, 4) is 0 Å². The number of aromatic nitrogens is 1. The number of rotatable bonds is 6. The summed E-state index contributed by atoms with van der Waals surface area (Å²) < 4.78 is 0. The molecule has 0 aliphatic rings. The number of oxime groups is 1. The maximum Gasteiger partial charge on any atom is 0.360 e. The van der Waals surface area contributed by atoms with Gasteiger partial charge in [0.15, 0.2) is 5.13 Å². The fourth-order valence-corrected chi connectivity index (χ4v) is 1.62. The lowest BCUT2D eigenvalue weighted by Crippen LogP contribution is -2.15. The summed E-state index contributed by atoms with van der Waals surface area (Å²) in [5.41, 5.74) is 0.0521. The van der Waals surface area contributed by atoms with Crippen LogP contribution in [0.5, 0.6) is 0 Å². The third-order valence-electron chi connectivity index (χ3n) is 1.53. The van der Waals surface area contributed by atoms with E-state index in [1.807, 2.05) is 0 Å². The van der Waals surface area contributed by atoms with E-state index in [-0.39, 0.29) is 11.4 Å². The number of thiazole rings is 1. The summed E-state index contributed by atoms with van der Waals surface area (Å²) in [7, 11) is 1.28. The van der Waals surface area contributed by atoms with Crippen LogP contribution in [0.25, 0.3) is 0 Å². The van der Waals surface area contributed by atoms with Crippen LogP contribution < -0.4 is 5.32 Å². The molecule has 0 aliphatic carbocycles. The maximum absolute atomic E-state index is 10.8. The summed E-state index contributed by atoms with van der Waals surface area (Å²) in [5, 5.41) is 17.4. The van der Waals surface area contributed by atoms with E-state index in [2.05, 4.69) is 26.9 Å². The van der Waals surface area contributed by atoms with Gasteiger partial charge < -0.3 is 15.3 Å². The molecule has 0 atom stereocenters. The standard InChI is InChI=1S/C9H11N3O3S/c1-3-4-10-9-11-6(5-16-9)7(8(13)14)12-15-2/h3,5H,1,4H2,2H3,(H,10,11)(H,13,14). The van der Waals surface area contributed by atoms with Gasteiger partial charge in [0.25, 0.3) is 0 Å². The first-order valence-electron chi connectivity index (χ1n) is 4.34. The Balaban J connectivity index is 2.86. The predicted octanol–water partition coefficient (Wildman–Crippen LogP) is 1.18. The average Bonchev–Trinajstić information content (AvgIpc) is 2.70. The van der Waals surface area contributed by atoms with Gasteiger partial charge in [-0.3, -0.25) is 0 Å². The highest BCUT2D eigenvalue weighted by atomic mass is 32.1. The van der Waals surface area contributed by atoms with Gasteiger partial charge in [-0.05, 0) is 0 Å². The van der Waals surface area contributed by atoms with Crippen LogP contribution in [0.3, 0.4) is 0 Å². The van der Waals surface area contributed by atoms with Gasteiger partial charge in [-0.1, -0.05) is 11.2 Å². The highest BCUT2D eigenvalue weighted by Gasteiger charge is 2.17. The van der Waals surface area contributed by atoms with Crippen LogP contribution in [0, 0.1) is 0 Å². The van der Waals surface area contributed by atoms with Crippen molar-refractivity contribution in [1.29, 1.82) is 0 Å². The zero-order chi connectivity index (χ0) is 12.0. The Morgan fingerprint density at radius 1 is 1.88 bits per heavy atom. The van der Waals surface area contributed by atoms with Crippen molar-refractivity contribution in [1.82, 2.24) is 4.98 Å². The molecule has 0 spiro atoms. The maximum atomic E-state index is 10.8. The van der Waals surface area contributed by atoms with E-state index in [9.17, 15) is 4.79 Å². The van der Waals surface area contributed by atoms with E-state index in [0.29, 0.717) is 11.7 Å². The van der Waals surface area contributed by atoms with E-state index in [0.717, 1.165) is 0 Å². The Hall–Kier alpha value is -1.89. The van der Waals surface area contributed by atoms with Gasteiger partial charge >= 0.3 is 5.97 Å². The number of hydrogen-bond donors (Lipinski definition) is 2. The molecule has 6 nitrogen and oxygen atoms in total. The lowest BCUT2D eigenvalue weighted by molar-refractivity contribution is -0.129. The topological polar surface area (TPSA) is 83.8 Å². The van der Waals surface area contributed by atoms with E-state index >= 15 is 0 Å². The number of aliphatic carboxylic acids is 1. The van der Waals surface area contributed by atoms with Crippen LogP contribution >= 0.6 is 11.3 Å². The first-order chi connectivity index (χ1) is 7.69. The van der Waals surface area contributed by atoms with Gasteiger partial charge in [0.2, 0.25) is 5.71 Å². The second-order valence-electron chi connectivity index (χ2n) is 2.64. The molecule has 86 valence electrons. The van der Waals surface area contributed by atoms with E-state index < -0.39 is 5.97 Å². The number of carbonyl (C=O) groups is 1. The van der Waals surface area contributed by atoms with Gasteiger partial charge in [-0.25, -0.2) is 9.78 Å². The number of anilines is 1. The molecule has 1 aromatic rings. The SMILES string of the molecule is C=CCNc1nc(C(=NOC)C(=O)O)cs1. The number of carboxylic acid groups (broad SMARTS) is 1. The zero-order valence-electron chi connectivity index (χ0n) is 8.64. The van der Waals surface area contributed by atoms with E-state index in [4.69, 9.17) is 5.11 Å². The third-order valence-corrected chi connectivity index (χ3v) is 2.33. The fourth-order valence-electron chi connectivity index (χ4n) is 0.910. The van der Waals surface area contributed by atoms with Gasteiger partial charge in [-0.2, -0.15) is 0 Å². The molecule has 0 saturated heterocycles. The minimum atomic E-state index is -1.18. The summed E-state index contributed by atoms with van der Waals surface area (Å²) in [5.74, 6) is -1.18. The summed E-state index contributed by atoms with van der Waals surface area (Å²) in [4.78, 5) is 19.3. The molecule has 0 aliphatic heterocycles. The Labute approximate surface area is 96.3 Å². The normalized spacial score (nSPS) is 10.9. The first-order valence-corrected chi connectivity index (χ1v) is 5.22. The van der Waals surface area contributed by atoms with Crippen molar-refractivity contribution in [2.75, 3.05) is 19.0 Å². The average molecular weight is 241 g/mol. The van der Waals surface area contributed by atoms with Gasteiger partial charge in [0.05, 0.1) is 0 Å². The molecule has 0 radical (unpaired) electrons. The molecule has 0 aromatic carbocycles. The molecular formula is C9H11N3O3S. The lowest BCUT2D eigenvalue weighted by atomic mass is 10.3. The second-order valence-corrected chi connectivity index (χ2v) is 3.49. The molecule has 0 amide bonds. The summed E-state index contributed by atoms with van der Waals surface area (Å²) in [6.07, 6.45) is 1.68. The molecular weight excluding hydrogens is 230 g/mol. The third kappa shape index (κ3) is 3.06. The minimum absolute atomic E-state index is 0.217. The number of nitrogens with one attached hydrogen (secondary N) is 1. The zero-order valence-corrected chi connectivity index (χ0v) is 9.45. The molecule has 1 aromatic heterocycles. The van der Waals surface area contributed by atoms with E-state index in [1.165, 1.54) is 18.4 Å². The summed E-state index contributed by atoms with van der Waals surface area (Å²) >= 11 is 1.29. The second kappa shape index (κ2) is 5.86. The van der Waals surface area contributed by atoms with Crippen LogP contribution in [0.1, 0.15) is 5.69 Å². The Morgan fingerprint density at radius 2 is 2.62 bits per heavy atom. The molecule has 1 rings (SSSR count). The summed E-state index contributed by atoms with van der Waals surface area (Å²) in [6.45, 7) is 4.12. The Morgan fingerprint density at radius 3 is 3.19 bits per heavy atom. The molecule has 0 bridgehead atoms. The van der Waals surface area contributed by atoms with E-state index in [1.54, 1.807) is 11.5 Å². The number of nitrogens with zero attached hydrogens (tertiary/aromatic N) is 2. The van der Waals surface area contributed by atoms with Gasteiger partial charge in [-0.15, -0.1) is 17.9 Å². The summed E-state index contributed by atoms with van der Waals surface area (Å²) in [6, 6.07) is 0. The highest BCUT2D eigenvalue weighted by molar-refractivity contribution is 7.14. The number of hydrogen-bond acceptors (Lipinski definition) is 6. The monoisotopic (exact) mass is 241 g/mol. The van der Waals surface area contributed by atoms with Crippen molar-refractivity contribution >= 4 is 28.1 Å². The van der Waals surface area contributed by atoms with Crippen molar-refractivity contribution < 1.29 is 14.7 Å². The smallest absolute Gasteiger partial charge is 0.360 e. The predicted molar refractivity (Wildman–Crippen MR) is 62.0 cm³/mol. The molecule has 0 unspecified atom stereocenters. The van der Waals surface area contributed by atoms with Crippen LogP contribution in [0.2, 0.25) is 0 Å². The molecule has 1 heterocycles. The Kier molecular flexibility index (Phi) is 4.46.